The van der Waals surface area contributed by atoms with Crippen molar-refractivity contribution in [2.75, 3.05) is 7.11 Å². The SMILES string of the molecule is COc1ccc(C(=O)[C@H](C)OC(=O)/C=C/c2ccc(Cl)cc2)cc1. The average molecular weight is 345 g/mol. The molecular formula is C19H17ClO4. The van der Waals surface area contributed by atoms with Crippen molar-refractivity contribution in [3.63, 3.8) is 0 Å². The Morgan fingerprint density at radius 3 is 2.25 bits per heavy atom. The quantitative estimate of drug-likeness (QED) is 0.448. The molecule has 0 N–H and O–H groups in total. The molecule has 5 heteroatoms. The van der Waals surface area contributed by atoms with Crippen LogP contribution < -0.4 is 4.74 Å². The number of esters is 1. The van der Waals surface area contributed by atoms with Gasteiger partial charge in [-0.3, -0.25) is 4.79 Å². The lowest BCUT2D eigenvalue weighted by Crippen LogP contribution is -2.23. The summed E-state index contributed by atoms with van der Waals surface area (Å²) < 4.78 is 10.2. The highest BCUT2D eigenvalue weighted by atomic mass is 35.5. The van der Waals surface area contributed by atoms with Crippen LogP contribution in [-0.2, 0) is 9.53 Å². The molecule has 0 unspecified atom stereocenters. The van der Waals surface area contributed by atoms with E-state index in [0.717, 1.165) is 5.56 Å². The van der Waals surface area contributed by atoms with E-state index in [1.807, 2.05) is 0 Å². The van der Waals surface area contributed by atoms with Crippen molar-refractivity contribution in [1.82, 2.24) is 0 Å². The summed E-state index contributed by atoms with van der Waals surface area (Å²) in [7, 11) is 1.55. The normalized spacial score (nSPS) is 12.0. The van der Waals surface area contributed by atoms with Gasteiger partial charge in [0, 0.05) is 16.7 Å². The Kier molecular flexibility index (Phi) is 6.15. The second kappa shape index (κ2) is 8.31. The highest BCUT2D eigenvalue weighted by Crippen LogP contribution is 2.14. The van der Waals surface area contributed by atoms with Crippen LogP contribution >= 0.6 is 11.6 Å². The number of carbonyl (C=O) groups excluding carboxylic acids is 2. The van der Waals surface area contributed by atoms with E-state index in [9.17, 15) is 9.59 Å². The van der Waals surface area contributed by atoms with Crippen molar-refractivity contribution in [3.8, 4) is 5.75 Å². The van der Waals surface area contributed by atoms with E-state index < -0.39 is 12.1 Å². The molecule has 2 aromatic rings. The fourth-order valence-electron chi connectivity index (χ4n) is 2.00. The summed E-state index contributed by atoms with van der Waals surface area (Å²) in [6.07, 6.45) is 2.00. The predicted molar refractivity (Wildman–Crippen MR) is 93.4 cm³/mol. The second-order valence-corrected chi connectivity index (χ2v) is 5.49. The Hall–Kier alpha value is -2.59. The smallest absolute Gasteiger partial charge is 0.331 e. The summed E-state index contributed by atoms with van der Waals surface area (Å²) in [6, 6.07) is 13.6. The van der Waals surface area contributed by atoms with Gasteiger partial charge in [0.2, 0.25) is 5.78 Å². The fourth-order valence-corrected chi connectivity index (χ4v) is 2.12. The Labute approximate surface area is 145 Å². The van der Waals surface area contributed by atoms with Gasteiger partial charge in [0.15, 0.2) is 6.10 Å². The maximum absolute atomic E-state index is 12.2. The van der Waals surface area contributed by atoms with Gasteiger partial charge in [0.05, 0.1) is 7.11 Å². The minimum absolute atomic E-state index is 0.272. The molecule has 0 bridgehead atoms. The predicted octanol–water partition coefficient (Wildman–Crippen LogP) is 4.18. The molecule has 24 heavy (non-hydrogen) atoms. The summed E-state index contributed by atoms with van der Waals surface area (Å²) in [4.78, 5) is 24.1. The van der Waals surface area contributed by atoms with Crippen LogP contribution in [0.5, 0.6) is 5.75 Å². The van der Waals surface area contributed by atoms with E-state index in [0.29, 0.717) is 16.3 Å². The second-order valence-electron chi connectivity index (χ2n) is 5.06. The van der Waals surface area contributed by atoms with E-state index >= 15 is 0 Å². The number of carbonyl (C=O) groups is 2. The summed E-state index contributed by atoms with van der Waals surface area (Å²) in [5.74, 6) is -0.202. The monoisotopic (exact) mass is 344 g/mol. The highest BCUT2D eigenvalue weighted by Gasteiger charge is 2.18. The molecule has 2 aromatic carbocycles. The van der Waals surface area contributed by atoms with Crippen molar-refractivity contribution in [2.45, 2.75) is 13.0 Å². The molecule has 0 saturated carbocycles. The minimum atomic E-state index is -0.874. The first kappa shape index (κ1) is 17.8. The van der Waals surface area contributed by atoms with Gasteiger partial charge in [-0.25, -0.2) is 4.79 Å². The van der Waals surface area contributed by atoms with Gasteiger partial charge in [0.25, 0.3) is 0 Å². The van der Waals surface area contributed by atoms with Gasteiger partial charge < -0.3 is 9.47 Å². The van der Waals surface area contributed by atoms with Gasteiger partial charge >= 0.3 is 5.97 Å². The van der Waals surface area contributed by atoms with Crippen molar-refractivity contribution in [3.05, 3.63) is 70.8 Å². The van der Waals surface area contributed by atoms with Crippen LogP contribution in [0.3, 0.4) is 0 Å². The third-order valence-corrected chi connectivity index (χ3v) is 3.57. The zero-order chi connectivity index (χ0) is 17.5. The summed E-state index contributed by atoms with van der Waals surface area (Å²) in [5, 5.41) is 0.619. The third kappa shape index (κ3) is 4.96. The number of benzene rings is 2. The van der Waals surface area contributed by atoms with E-state index in [1.54, 1.807) is 68.6 Å². The minimum Gasteiger partial charge on any atom is -0.497 e. The van der Waals surface area contributed by atoms with Gasteiger partial charge in [-0.1, -0.05) is 23.7 Å². The maximum Gasteiger partial charge on any atom is 0.331 e. The molecule has 0 aliphatic carbocycles. The van der Waals surface area contributed by atoms with E-state index in [-0.39, 0.29) is 5.78 Å². The van der Waals surface area contributed by atoms with Crippen molar-refractivity contribution in [2.24, 2.45) is 0 Å². The molecule has 0 aromatic heterocycles. The summed E-state index contributed by atoms with van der Waals surface area (Å²) in [6.45, 7) is 1.54. The molecule has 0 saturated heterocycles. The number of halogens is 1. The van der Waals surface area contributed by atoms with Gasteiger partial charge in [-0.15, -0.1) is 0 Å². The molecule has 0 spiro atoms. The van der Waals surface area contributed by atoms with Crippen LogP contribution in [0, 0.1) is 0 Å². The maximum atomic E-state index is 12.2. The molecule has 4 nitrogen and oxygen atoms in total. The van der Waals surface area contributed by atoms with Crippen LogP contribution in [0.25, 0.3) is 6.08 Å². The van der Waals surface area contributed by atoms with Crippen molar-refractivity contribution < 1.29 is 19.1 Å². The number of ketones is 1. The first-order valence-corrected chi connectivity index (χ1v) is 7.70. The standard InChI is InChI=1S/C19H17ClO4/c1-13(19(22)15-6-10-17(23-2)11-7-15)24-18(21)12-5-14-3-8-16(20)9-4-14/h3-13H,1-2H3/b12-5+/t13-/m0/s1. The molecular weight excluding hydrogens is 328 g/mol. The van der Waals surface area contributed by atoms with E-state index in [4.69, 9.17) is 21.1 Å². The molecule has 0 amide bonds. The highest BCUT2D eigenvalue weighted by molar-refractivity contribution is 6.30. The Morgan fingerprint density at radius 2 is 1.67 bits per heavy atom. The zero-order valence-corrected chi connectivity index (χ0v) is 14.1. The number of ether oxygens (including phenoxy) is 2. The van der Waals surface area contributed by atoms with Gasteiger partial charge in [-0.2, -0.15) is 0 Å². The summed E-state index contributed by atoms with van der Waals surface area (Å²) >= 11 is 5.79. The lowest BCUT2D eigenvalue weighted by Gasteiger charge is -2.11. The molecule has 124 valence electrons. The first-order valence-electron chi connectivity index (χ1n) is 7.32. The number of Topliss-reactive ketones (excluding diaryl/α,β-unsaturated/α-hetero) is 1. The number of methoxy groups -OCH3 is 1. The third-order valence-electron chi connectivity index (χ3n) is 3.32. The number of hydrogen-bond donors (Lipinski definition) is 0. The van der Waals surface area contributed by atoms with E-state index in [2.05, 4.69) is 0 Å². The molecule has 1 atom stereocenters. The largest absolute Gasteiger partial charge is 0.497 e. The van der Waals surface area contributed by atoms with Crippen LogP contribution in [-0.4, -0.2) is 25.0 Å². The molecule has 0 heterocycles. The van der Waals surface area contributed by atoms with E-state index in [1.165, 1.54) is 6.08 Å². The van der Waals surface area contributed by atoms with Gasteiger partial charge in [0.1, 0.15) is 5.75 Å². The van der Waals surface area contributed by atoms with Crippen molar-refractivity contribution >= 4 is 29.4 Å². The van der Waals surface area contributed by atoms with Crippen LogP contribution in [0.4, 0.5) is 0 Å². The number of rotatable bonds is 6. The molecule has 2 rings (SSSR count). The Bertz CT molecular complexity index is 733. The topological polar surface area (TPSA) is 52.6 Å². The lowest BCUT2D eigenvalue weighted by molar-refractivity contribution is -0.140. The molecule has 0 aliphatic rings. The lowest BCUT2D eigenvalue weighted by atomic mass is 10.1. The summed E-state index contributed by atoms with van der Waals surface area (Å²) in [5.41, 5.74) is 1.27. The molecule has 0 fully saturated rings. The fraction of sp³-hybridized carbons (Fsp3) is 0.158. The first-order chi connectivity index (χ1) is 11.5. The van der Waals surface area contributed by atoms with Crippen LogP contribution in [0.1, 0.15) is 22.8 Å². The zero-order valence-electron chi connectivity index (χ0n) is 13.4. The van der Waals surface area contributed by atoms with Crippen molar-refractivity contribution in [1.29, 1.82) is 0 Å². The average Bonchev–Trinajstić information content (AvgIpc) is 2.60. The molecule has 0 radical (unpaired) electrons. The molecule has 0 aliphatic heterocycles. The Balaban J connectivity index is 1.94. The Morgan fingerprint density at radius 1 is 1.04 bits per heavy atom. The number of hydrogen-bond acceptors (Lipinski definition) is 4. The van der Waals surface area contributed by atoms with Crippen LogP contribution in [0.15, 0.2) is 54.6 Å². The van der Waals surface area contributed by atoms with Gasteiger partial charge in [-0.05, 0) is 55.0 Å². The van der Waals surface area contributed by atoms with Crippen LogP contribution in [0.2, 0.25) is 5.02 Å².